The van der Waals surface area contributed by atoms with Crippen LogP contribution in [0.2, 0.25) is 0 Å². The summed E-state index contributed by atoms with van der Waals surface area (Å²) in [5.74, 6) is 3.49. The summed E-state index contributed by atoms with van der Waals surface area (Å²) in [5.41, 5.74) is 0. The Bertz CT molecular complexity index is 303. The molecule has 2 aliphatic rings. The molecule has 0 amide bonds. The topological polar surface area (TPSA) is 17.1 Å². The lowest BCUT2D eigenvalue weighted by Gasteiger charge is -2.32. The summed E-state index contributed by atoms with van der Waals surface area (Å²) in [6, 6.07) is 0. The fraction of sp³-hybridized carbons (Fsp3) is 0.947. The van der Waals surface area contributed by atoms with Crippen LogP contribution in [-0.2, 0) is 4.79 Å². The Labute approximate surface area is 125 Å². The maximum atomic E-state index is 13.0. The Morgan fingerprint density at radius 2 is 1.75 bits per heavy atom. The summed E-state index contributed by atoms with van der Waals surface area (Å²) in [6.07, 6.45) is 12.9. The third kappa shape index (κ3) is 3.86. The van der Waals surface area contributed by atoms with E-state index in [0.29, 0.717) is 29.5 Å². The minimum atomic E-state index is 0.322. The van der Waals surface area contributed by atoms with Crippen LogP contribution in [0.1, 0.15) is 85.0 Å². The van der Waals surface area contributed by atoms with Crippen molar-refractivity contribution in [1.29, 1.82) is 0 Å². The number of ketones is 1. The van der Waals surface area contributed by atoms with E-state index in [0.717, 1.165) is 5.92 Å². The minimum Gasteiger partial charge on any atom is -0.299 e. The molecule has 4 atom stereocenters. The lowest BCUT2D eigenvalue weighted by atomic mass is 9.72. The highest BCUT2D eigenvalue weighted by molar-refractivity contribution is 5.83. The number of hydrogen-bond donors (Lipinski definition) is 0. The standard InChI is InChI=1S/C19H34O/c1-4-16-13-14(2)9-8-12-18(16)19(20)15(3)17-10-6-5-7-11-17/h14-18H,4-13H2,1-3H3/t14?,15?,16-,18?/m1/s1. The molecule has 2 aliphatic carbocycles. The fourth-order valence-corrected chi connectivity index (χ4v) is 4.75. The van der Waals surface area contributed by atoms with Gasteiger partial charge in [-0.15, -0.1) is 0 Å². The van der Waals surface area contributed by atoms with Gasteiger partial charge in [0.05, 0.1) is 0 Å². The second-order valence-corrected chi connectivity index (χ2v) is 7.64. The van der Waals surface area contributed by atoms with Gasteiger partial charge in [0.2, 0.25) is 0 Å². The Hall–Kier alpha value is -0.330. The van der Waals surface area contributed by atoms with Gasteiger partial charge >= 0.3 is 0 Å². The van der Waals surface area contributed by atoms with Crippen molar-refractivity contribution in [1.82, 2.24) is 0 Å². The van der Waals surface area contributed by atoms with E-state index in [-0.39, 0.29) is 0 Å². The van der Waals surface area contributed by atoms with Gasteiger partial charge < -0.3 is 0 Å². The fourth-order valence-electron chi connectivity index (χ4n) is 4.75. The molecule has 0 heterocycles. The van der Waals surface area contributed by atoms with Crippen molar-refractivity contribution in [3.05, 3.63) is 0 Å². The molecule has 0 radical (unpaired) electrons. The highest BCUT2D eigenvalue weighted by atomic mass is 16.1. The first-order valence-corrected chi connectivity index (χ1v) is 9.17. The number of Topliss-reactive ketones (excluding diaryl/α,β-unsaturated/α-hetero) is 1. The van der Waals surface area contributed by atoms with Crippen LogP contribution in [0.25, 0.3) is 0 Å². The van der Waals surface area contributed by atoms with Gasteiger partial charge in [0, 0.05) is 11.8 Å². The van der Waals surface area contributed by atoms with E-state index in [1.165, 1.54) is 64.2 Å². The highest BCUT2D eigenvalue weighted by Crippen LogP contribution is 2.39. The predicted molar refractivity (Wildman–Crippen MR) is 85.6 cm³/mol. The zero-order valence-electron chi connectivity index (χ0n) is 13.9. The third-order valence-electron chi connectivity index (χ3n) is 6.18. The van der Waals surface area contributed by atoms with E-state index in [9.17, 15) is 4.79 Å². The van der Waals surface area contributed by atoms with Crippen molar-refractivity contribution in [2.75, 3.05) is 0 Å². The molecule has 0 aromatic carbocycles. The van der Waals surface area contributed by atoms with E-state index in [1.807, 2.05) is 0 Å². The van der Waals surface area contributed by atoms with Crippen molar-refractivity contribution in [3.8, 4) is 0 Å². The highest BCUT2D eigenvalue weighted by Gasteiger charge is 2.35. The Morgan fingerprint density at radius 1 is 1.05 bits per heavy atom. The van der Waals surface area contributed by atoms with Crippen LogP contribution in [0.3, 0.4) is 0 Å². The average Bonchev–Trinajstić information content (AvgIpc) is 2.67. The van der Waals surface area contributed by atoms with Crippen LogP contribution in [-0.4, -0.2) is 5.78 Å². The van der Waals surface area contributed by atoms with Crippen LogP contribution in [0, 0.1) is 29.6 Å². The number of hydrogen-bond acceptors (Lipinski definition) is 1. The Kier molecular flexibility index (Phi) is 6.11. The molecule has 2 fully saturated rings. The Balaban J connectivity index is 2.01. The molecule has 0 saturated heterocycles. The van der Waals surface area contributed by atoms with Crippen molar-refractivity contribution in [2.24, 2.45) is 29.6 Å². The zero-order valence-corrected chi connectivity index (χ0v) is 13.9. The second-order valence-electron chi connectivity index (χ2n) is 7.64. The lowest BCUT2D eigenvalue weighted by Crippen LogP contribution is -2.32. The molecular weight excluding hydrogens is 244 g/mol. The van der Waals surface area contributed by atoms with E-state index in [4.69, 9.17) is 0 Å². The summed E-state index contributed by atoms with van der Waals surface area (Å²) < 4.78 is 0. The van der Waals surface area contributed by atoms with Crippen molar-refractivity contribution in [3.63, 3.8) is 0 Å². The van der Waals surface area contributed by atoms with Gasteiger partial charge in [-0.25, -0.2) is 0 Å². The summed E-state index contributed by atoms with van der Waals surface area (Å²) >= 11 is 0. The smallest absolute Gasteiger partial charge is 0.139 e. The normalized spacial score (nSPS) is 34.5. The van der Waals surface area contributed by atoms with Crippen molar-refractivity contribution in [2.45, 2.75) is 85.0 Å². The zero-order chi connectivity index (χ0) is 14.5. The van der Waals surface area contributed by atoms with Gasteiger partial charge in [0.25, 0.3) is 0 Å². The molecule has 1 nitrogen and oxygen atoms in total. The molecule has 0 aromatic heterocycles. The number of rotatable bonds is 4. The van der Waals surface area contributed by atoms with Crippen LogP contribution in [0.4, 0.5) is 0 Å². The maximum absolute atomic E-state index is 13.0. The first-order chi connectivity index (χ1) is 9.63. The quantitative estimate of drug-likeness (QED) is 0.610. The van der Waals surface area contributed by atoms with Crippen molar-refractivity contribution < 1.29 is 4.79 Å². The molecule has 116 valence electrons. The van der Waals surface area contributed by atoms with Gasteiger partial charge in [0.15, 0.2) is 0 Å². The van der Waals surface area contributed by atoms with E-state index in [1.54, 1.807) is 0 Å². The average molecular weight is 278 g/mol. The third-order valence-corrected chi connectivity index (χ3v) is 6.18. The van der Waals surface area contributed by atoms with Gasteiger partial charge in [-0.2, -0.15) is 0 Å². The van der Waals surface area contributed by atoms with Crippen LogP contribution >= 0.6 is 0 Å². The van der Waals surface area contributed by atoms with E-state index in [2.05, 4.69) is 20.8 Å². The molecule has 0 aliphatic heterocycles. The number of carbonyl (C=O) groups excluding carboxylic acids is 1. The van der Waals surface area contributed by atoms with Crippen molar-refractivity contribution >= 4 is 5.78 Å². The van der Waals surface area contributed by atoms with E-state index < -0.39 is 0 Å². The molecule has 2 saturated carbocycles. The molecule has 3 unspecified atom stereocenters. The number of carbonyl (C=O) groups is 1. The first-order valence-electron chi connectivity index (χ1n) is 9.17. The van der Waals surface area contributed by atoms with Gasteiger partial charge in [-0.1, -0.05) is 59.3 Å². The first kappa shape index (κ1) is 16.0. The van der Waals surface area contributed by atoms with Gasteiger partial charge in [-0.05, 0) is 43.4 Å². The van der Waals surface area contributed by atoms with Gasteiger partial charge in [0.1, 0.15) is 5.78 Å². The molecule has 0 N–H and O–H groups in total. The molecular formula is C19H34O. The van der Waals surface area contributed by atoms with E-state index >= 15 is 0 Å². The monoisotopic (exact) mass is 278 g/mol. The summed E-state index contributed by atoms with van der Waals surface area (Å²) in [4.78, 5) is 13.0. The molecule has 1 heteroatoms. The molecule has 0 spiro atoms. The maximum Gasteiger partial charge on any atom is 0.139 e. The van der Waals surface area contributed by atoms with Crippen LogP contribution in [0.5, 0.6) is 0 Å². The molecule has 0 bridgehead atoms. The summed E-state index contributed by atoms with van der Waals surface area (Å²) in [6.45, 7) is 6.90. The van der Waals surface area contributed by atoms with Crippen LogP contribution < -0.4 is 0 Å². The van der Waals surface area contributed by atoms with Gasteiger partial charge in [-0.3, -0.25) is 4.79 Å². The second kappa shape index (κ2) is 7.61. The molecule has 0 aromatic rings. The predicted octanol–water partition coefficient (Wildman–Crippen LogP) is 5.62. The molecule has 20 heavy (non-hydrogen) atoms. The summed E-state index contributed by atoms with van der Waals surface area (Å²) in [7, 11) is 0. The lowest BCUT2D eigenvalue weighted by molar-refractivity contribution is -0.130. The SMILES string of the molecule is CC[C@@H]1CC(C)CCCC1C(=O)C(C)C1CCCCC1. The molecule has 2 rings (SSSR count). The largest absolute Gasteiger partial charge is 0.299 e. The summed E-state index contributed by atoms with van der Waals surface area (Å²) in [5, 5.41) is 0. The van der Waals surface area contributed by atoms with Crippen LogP contribution in [0.15, 0.2) is 0 Å². The minimum absolute atomic E-state index is 0.322. The Morgan fingerprint density at radius 3 is 2.40 bits per heavy atom.